The summed E-state index contributed by atoms with van der Waals surface area (Å²) in [5.74, 6) is -0.823. The van der Waals surface area contributed by atoms with Crippen LogP contribution in [0.25, 0.3) is 0 Å². The van der Waals surface area contributed by atoms with E-state index in [1.165, 1.54) is 24.3 Å². The number of unbranched alkanes of at least 4 members (excludes halogenated alkanes) is 2. The van der Waals surface area contributed by atoms with Crippen molar-refractivity contribution in [2.75, 3.05) is 13.2 Å². The third kappa shape index (κ3) is 7.75. The number of non-ortho nitro benzene ring substituents is 1. The number of carbonyl (C=O) groups excluding carboxylic acids is 2. The van der Waals surface area contributed by atoms with Gasteiger partial charge in [0.25, 0.3) is 5.69 Å². The van der Waals surface area contributed by atoms with Gasteiger partial charge >= 0.3 is 11.9 Å². The molecule has 0 unspecified atom stereocenters. The largest absolute Gasteiger partial charge is 0.465 e. The van der Waals surface area contributed by atoms with E-state index in [0.29, 0.717) is 31.6 Å². The van der Waals surface area contributed by atoms with Crippen LogP contribution in [0.2, 0.25) is 0 Å². The van der Waals surface area contributed by atoms with E-state index in [2.05, 4.69) is 6.58 Å². The molecule has 7 nitrogen and oxygen atoms in total. The van der Waals surface area contributed by atoms with E-state index in [9.17, 15) is 19.7 Å². The Balaban J connectivity index is 2.13. The summed E-state index contributed by atoms with van der Waals surface area (Å²) in [4.78, 5) is 32.4. The molecule has 23 heavy (non-hydrogen) atoms. The molecule has 0 amide bonds. The Bertz CT molecular complexity index is 552. The normalized spacial score (nSPS) is 9.91. The Morgan fingerprint density at radius 1 is 1.09 bits per heavy atom. The summed E-state index contributed by atoms with van der Waals surface area (Å²) in [6, 6.07) is 5.78. The molecule has 0 saturated heterocycles. The average molecular weight is 321 g/mol. The molecule has 0 bridgehead atoms. The van der Waals surface area contributed by atoms with Crippen molar-refractivity contribution in [1.29, 1.82) is 0 Å². The van der Waals surface area contributed by atoms with Gasteiger partial charge in [-0.05, 0) is 24.8 Å². The number of nitrogens with zero attached hydrogens (tertiary/aromatic N) is 1. The van der Waals surface area contributed by atoms with E-state index in [1.807, 2.05) is 0 Å². The predicted molar refractivity (Wildman–Crippen MR) is 82.8 cm³/mol. The van der Waals surface area contributed by atoms with E-state index in [1.54, 1.807) is 0 Å². The van der Waals surface area contributed by atoms with E-state index >= 15 is 0 Å². The van der Waals surface area contributed by atoms with Gasteiger partial charge in [0.1, 0.15) is 0 Å². The molecule has 1 aromatic rings. The van der Waals surface area contributed by atoms with E-state index in [-0.39, 0.29) is 18.1 Å². The molecule has 7 heteroatoms. The van der Waals surface area contributed by atoms with Crippen LogP contribution in [-0.2, 0) is 25.5 Å². The number of rotatable bonds is 10. The van der Waals surface area contributed by atoms with Crippen LogP contribution in [0, 0.1) is 10.1 Å². The van der Waals surface area contributed by atoms with Crippen molar-refractivity contribution in [2.45, 2.75) is 25.7 Å². The molecule has 1 aromatic carbocycles. The van der Waals surface area contributed by atoms with Gasteiger partial charge in [0.15, 0.2) is 0 Å². The second kappa shape index (κ2) is 10.1. The third-order valence-electron chi connectivity index (χ3n) is 2.96. The zero-order chi connectivity index (χ0) is 17.1. The molecule has 0 radical (unpaired) electrons. The minimum Gasteiger partial charge on any atom is -0.465 e. The van der Waals surface area contributed by atoms with Gasteiger partial charge in [-0.1, -0.05) is 18.7 Å². The number of benzene rings is 1. The van der Waals surface area contributed by atoms with Crippen molar-refractivity contribution in [3.63, 3.8) is 0 Å². The molecule has 0 aliphatic rings. The highest BCUT2D eigenvalue weighted by Crippen LogP contribution is 2.12. The van der Waals surface area contributed by atoms with Gasteiger partial charge in [-0.25, -0.2) is 4.79 Å². The minimum atomic E-state index is -0.492. The highest BCUT2D eigenvalue weighted by Gasteiger charge is 2.08. The Morgan fingerprint density at radius 2 is 1.70 bits per heavy atom. The van der Waals surface area contributed by atoms with E-state index in [0.717, 1.165) is 12.5 Å². The van der Waals surface area contributed by atoms with Crippen LogP contribution >= 0.6 is 0 Å². The Kier molecular flexibility index (Phi) is 8.06. The van der Waals surface area contributed by atoms with Crippen LogP contribution in [0.5, 0.6) is 0 Å². The zero-order valence-electron chi connectivity index (χ0n) is 12.7. The lowest BCUT2D eigenvalue weighted by Gasteiger charge is -2.05. The molecule has 1 rings (SSSR count). The summed E-state index contributed by atoms with van der Waals surface area (Å²) in [7, 11) is 0. The van der Waals surface area contributed by atoms with Gasteiger partial charge in [0, 0.05) is 18.2 Å². The molecular weight excluding hydrogens is 302 g/mol. The monoisotopic (exact) mass is 321 g/mol. The summed E-state index contributed by atoms with van der Waals surface area (Å²) in [6.45, 7) is 3.90. The molecule has 0 aliphatic heterocycles. The van der Waals surface area contributed by atoms with Crippen molar-refractivity contribution in [3.05, 3.63) is 52.6 Å². The molecule has 0 spiro atoms. The molecule has 0 saturated carbocycles. The van der Waals surface area contributed by atoms with Gasteiger partial charge in [-0.3, -0.25) is 14.9 Å². The number of nitro groups is 1. The Hall–Kier alpha value is -2.70. The molecule has 0 aromatic heterocycles. The predicted octanol–water partition coefficient (Wildman–Crippen LogP) is 2.58. The summed E-state index contributed by atoms with van der Waals surface area (Å²) in [6.07, 6.45) is 3.33. The van der Waals surface area contributed by atoms with E-state index < -0.39 is 10.9 Å². The lowest BCUT2D eigenvalue weighted by molar-refractivity contribution is -0.384. The third-order valence-corrected chi connectivity index (χ3v) is 2.96. The second-order valence-corrected chi connectivity index (χ2v) is 4.75. The molecule has 0 fully saturated rings. The second-order valence-electron chi connectivity index (χ2n) is 4.75. The number of esters is 2. The first-order valence-corrected chi connectivity index (χ1v) is 7.21. The molecular formula is C16H19NO6. The number of hydrogen-bond acceptors (Lipinski definition) is 6. The van der Waals surface area contributed by atoms with Crippen LogP contribution in [-0.4, -0.2) is 30.1 Å². The van der Waals surface area contributed by atoms with Crippen molar-refractivity contribution in [2.24, 2.45) is 0 Å². The number of carbonyl (C=O) groups is 2. The van der Waals surface area contributed by atoms with Gasteiger partial charge < -0.3 is 9.47 Å². The Morgan fingerprint density at radius 3 is 2.26 bits per heavy atom. The van der Waals surface area contributed by atoms with Crippen LogP contribution in [0.15, 0.2) is 36.9 Å². The van der Waals surface area contributed by atoms with Crippen LogP contribution < -0.4 is 0 Å². The molecule has 0 aliphatic carbocycles. The summed E-state index contributed by atoms with van der Waals surface area (Å²) in [5, 5.41) is 10.5. The molecule has 0 atom stereocenters. The van der Waals surface area contributed by atoms with Crippen molar-refractivity contribution in [1.82, 2.24) is 0 Å². The number of ether oxygens (including phenoxy) is 2. The van der Waals surface area contributed by atoms with Gasteiger partial charge in [0.05, 0.1) is 24.6 Å². The fraction of sp³-hybridized carbons (Fsp3) is 0.375. The highest BCUT2D eigenvalue weighted by atomic mass is 16.6. The van der Waals surface area contributed by atoms with Gasteiger partial charge in [-0.2, -0.15) is 0 Å². The van der Waals surface area contributed by atoms with Crippen molar-refractivity contribution >= 4 is 17.6 Å². The van der Waals surface area contributed by atoms with Gasteiger partial charge in [-0.15, -0.1) is 0 Å². The van der Waals surface area contributed by atoms with E-state index in [4.69, 9.17) is 9.47 Å². The quantitative estimate of drug-likeness (QED) is 0.216. The number of hydrogen-bond donors (Lipinski definition) is 0. The SMILES string of the molecule is C=CC(=O)OCCCCCOC(=O)Cc1ccc([N+](=O)[O-])cc1. The summed E-state index contributed by atoms with van der Waals surface area (Å²) >= 11 is 0. The highest BCUT2D eigenvalue weighted by molar-refractivity contribution is 5.81. The van der Waals surface area contributed by atoms with Crippen LogP contribution in [0.4, 0.5) is 5.69 Å². The zero-order valence-corrected chi connectivity index (χ0v) is 12.7. The topological polar surface area (TPSA) is 95.7 Å². The first kappa shape index (κ1) is 18.3. The summed E-state index contributed by atoms with van der Waals surface area (Å²) < 4.78 is 9.89. The van der Waals surface area contributed by atoms with Crippen LogP contribution in [0.3, 0.4) is 0 Å². The first-order chi connectivity index (χ1) is 11.0. The maximum absolute atomic E-state index is 11.6. The van der Waals surface area contributed by atoms with Crippen molar-refractivity contribution in [3.8, 4) is 0 Å². The lowest BCUT2D eigenvalue weighted by Crippen LogP contribution is -2.09. The van der Waals surface area contributed by atoms with Crippen molar-refractivity contribution < 1.29 is 24.0 Å². The van der Waals surface area contributed by atoms with Gasteiger partial charge in [0.2, 0.25) is 0 Å². The lowest BCUT2D eigenvalue weighted by atomic mass is 10.1. The minimum absolute atomic E-state index is 0.0146. The number of nitro benzene ring substituents is 1. The average Bonchev–Trinajstić information content (AvgIpc) is 2.54. The fourth-order valence-corrected chi connectivity index (χ4v) is 1.75. The summed E-state index contributed by atoms with van der Waals surface area (Å²) in [5.41, 5.74) is 0.649. The Labute approximate surface area is 134 Å². The maximum atomic E-state index is 11.6. The van der Waals surface area contributed by atoms with Crippen LogP contribution in [0.1, 0.15) is 24.8 Å². The maximum Gasteiger partial charge on any atom is 0.330 e. The standard InChI is InChI=1S/C16H19NO6/c1-2-15(18)22-10-4-3-5-11-23-16(19)12-13-6-8-14(9-7-13)17(20)21/h2,6-9H,1,3-5,10-12H2. The molecule has 0 N–H and O–H groups in total. The first-order valence-electron chi connectivity index (χ1n) is 7.21. The molecule has 0 heterocycles. The fourth-order valence-electron chi connectivity index (χ4n) is 1.75. The molecule has 124 valence electrons. The smallest absolute Gasteiger partial charge is 0.330 e.